The summed E-state index contributed by atoms with van der Waals surface area (Å²) in [6.07, 6.45) is 0.771. The zero-order valence-corrected chi connectivity index (χ0v) is 14.6. The molecule has 1 fully saturated rings. The molecule has 0 aromatic heterocycles. The molecule has 1 atom stereocenters. The third kappa shape index (κ3) is 3.66. The zero-order chi connectivity index (χ0) is 15.6. The number of methoxy groups -OCH3 is 1. The van der Waals surface area contributed by atoms with Crippen molar-refractivity contribution in [2.45, 2.75) is 17.2 Å². The van der Waals surface area contributed by atoms with E-state index in [1.54, 1.807) is 13.2 Å². The average molecular weight is 373 g/mol. The van der Waals surface area contributed by atoms with E-state index in [-0.39, 0.29) is 21.7 Å². The maximum absolute atomic E-state index is 12.7. The van der Waals surface area contributed by atoms with Crippen molar-refractivity contribution in [2.75, 3.05) is 26.8 Å². The van der Waals surface area contributed by atoms with E-state index in [4.69, 9.17) is 39.5 Å². The second-order valence-corrected chi connectivity index (χ2v) is 7.97. The van der Waals surface area contributed by atoms with Crippen LogP contribution in [0.4, 0.5) is 0 Å². The van der Waals surface area contributed by atoms with Gasteiger partial charge in [0, 0.05) is 31.1 Å². The van der Waals surface area contributed by atoms with Crippen LogP contribution in [0.2, 0.25) is 10.0 Å². The van der Waals surface area contributed by atoms with Crippen LogP contribution in [0.25, 0.3) is 0 Å². The fourth-order valence-electron chi connectivity index (χ4n) is 2.43. The summed E-state index contributed by atoms with van der Waals surface area (Å²) in [5, 5.41) is 0.450. The first-order valence-corrected chi connectivity index (χ1v) is 9.16. The molecule has 0 saturated carbocycles. The molecule has 0 N–H and O–H groups in total. The Labute approximate surface area is 140 Å². The molecule has 4 nitrogen and oxygen atoms in total. The standard InChI is InChI=1S/C13H16Cl3NO3S/c1-20-8-9-2-3-17(7-9)21(18,19)12-5-11(15)4-10(6-14)13(12)16/h4-5,9H,2-3,6-8H2,1H3. The first kappa shape index (κ1) is 17.3. The molecule has 1 aromatic carbocycles. The van der Waals surface area contributed by atoms with Gasteiger partial charge in [-0.2, -0.15) is 4.31 Å². The van der Waals surface area contributed by atoms with E-state index in [0.717, 1.165) is 6.42 Å². The molecule has 0 spiro atoms. The highest BCUT2D eigenvalue weighted by Gasteiger charge is 2.34. The Balaban J connectivity index is 2.35. The van der Waals surface area contributed by atoms with Crippen LogP contribution >= 0.6 is 34.8 Å². The van der Waals surface area contributed by atoms with Gasteiger partial charge in [0.2, 0.25) is 10.0 Å². The summed E-state index contributed by atoms with van der Waals surface area (Å²) >= 11 is 17.9. The predicted molar refractivity (Wildman–Crippen MR) is 84.8 cm³/mol. The Bertz CT molecular complexity index is 621. The Hall–Kier alpha value is -0.0400. The summed E-state index contributed by atoms with van der Waals surface area (Å²) in [5.74, 6) is 0.309. The van der Waals surface area contributed by atoms with Gasteiger partial charge in [-0.05, 0) is 30.0 Å². The van der Waals surface area contributed by atoms with Crippen molar-refractivity contribution < 1.29 is 13.2 Å². The lowest BCUT2D eigenvalue weighted by Gasteiger charge is -2.18. The summed E-state index contributed by atoms with van der Waals surface area (Å²) in [6, 6.07) is 2.95. The highest BCUT2D eigenvalue weighted by Crippen LogP contribution is 2.34. The number of ether oxygens (including phenoxy) is 1. The fraction of sp³-hybridized carbons (Fsp3) is 0.538. The lowest BCUT2D eigenvalue weighted by molar-refractivity contribution is 0.157. The molecule has 8 heteroatoms. The van der Waals surface area contributed by atoms with Crippen LogP contribution < -0.4 is 0 Å². The highest BCUT2D eigenvalue weighted by molar-refractivity contribution is 7.89. The minimum atomic E-state index is -3.67. The minimum absolute atomic E-state index is 0.0189. The normalized spacial score (nSPS) is 20.1. The van der Waals surface area contributed by atoms with Gasteiger partial charge in [0.15, 0.2) is 0 Å². The van der Waals surface area contributed by atoms with Gasteiger partial charge >= 0.3 is 0 Å². The van der Waals surface area contributed by atoms with Crippen molar-refractivity contribution in [3.8, 4) is 0 Å². The van der Waals surface area contributed by atoms with Gasteiger partial charge in [0.05, 0.1) is 11.6 Å². The van der Waals surface area contributed by atoms with Crippen LogP contribution in [0, 0.1) is 5.92 Å². The van der Waals surface area contributed by atoms with Crippen LogP contribution in [0.15, 0.2) is 17.0 Å². The molecule has 118 valence electrons. The third-order valence-corrected chi connectivity index (χ3v) is 6.45. The van der Waals surface area contributed by atoms with Crippen LogP contribution in [0.5, 0.6) is 0 Å². The van der Waals surface area contributed by atoms with Crippen molar-refractivity contribution in [3.05, 3.63) is 27.7 Å². The molecular formula is C13H16Cl3NO3S. The van der Waals surface area contributed by atoms with E-state index in [9.17, 15) is 8.42 Å². The van der Waals surface area contributed by atoms with Gasteiger partial charge in [-0.3, -0.25) is 0 Å². The lowest BCUT2D eigenvalue weighted by atomic mass is 10.1. The predicted octanol–water partition coefficient (Wildman–Crippen LogP) is 3.39. The Morgan fingerprint density at radius 2 is 2.10 bits per heavy atom. The molecule has 0 bridgehead atoms. The molecule has 0 aliphatic carbocycles. The molecule has 0 amide bonds. The highest BCUT2D eigenvalue weighted by atomic mass is 35.5. The van der Waals surface area contributed by atoms with Gasteiger partial charge in [-0.15, -0.1) is 11.6 Å². The zero-order valence-electron chi connectivity index (χ0n) is 11.5. The van der Waals surface area contributed by atoms with E-state index < -0.39 is 10.0 Å². The smallest absolute Gasteiger partial charge is 0.244 e. The summed E-state index contributed by atoms with van der Waals surface area (Å²) in [4.78, 5) is 0.0189. The van der Waals surface area contributed by atoms with Gasteiger partial charge < -0.3 is 4.74 Å². The maximum Gasteiger partial charge on any atom is 0.244 e. The summed E-state index contributed by atoms with van der Waals surface area (Å²) < 4.78 is 32.0. The van der Waals surface area contributed by atoms with Crippen LogP contribution in [0.3, 0.4) is 0 Å². The van der Waals surface area contributed by atoms with Gasteiger partial charge in [-0.1, -0.05) is 23.2 Å². The first-order chi connectivity index (χ1) is 9.90. The molecule has 1 unspecified atom stereocenters. The monoisotopic (exact) mass is 371 g/mol. The molecule has 0 radical (unpaired) electrons. The van der Waals surface area contributed by atoms with E-state index in [2.05, 4.69) is 0 Å². The van der Waals surface area contributed by atoms with Crippen molar-refractivity contribution in [1.82, 2.24) is 4.31 Å². The number of halogens is 3. The SMILES string of the molecule is COCC1CCN(S(=O)(=O)c2cc(Cl)cc(CCl)c2Cl)C1. The second-order valence-electron chi connectivity index (χ2n) is 4.98. The number of nitrogens with zero attached hydrogens (tertiary/aromatic N) is 1. The molecule has 1 heterocycles. The molecule has 1 saturated heterocycles. The Morgan fingerprint density at radius 3 is 2.71 bits per heavy atom. The van der Waals surface area contributed by atoms with E-state index in [1.165, 1.54) is 10.4 Å². The summed E-state index contributed by atoms with van der Waals surface area (Å²) in [5.41, 5.74) is 0.511. The molecule has 21 heavy (non-hydrogen) atoms. The fourth-order valence-corrected chi connectivity index (χ4v) is 5.15. The topological polar surface area (TPSA) is 46.6 Å². The van der Waals surface area contributed by atoms with Crippen molar-refractivity contribution in [3.63, 3.8) is 0 Å². The Morgan fingerprint density at radius 1 is 1.38 bits per heavy atom. The lowest BCUT2D eigenvalue weighted by Crippen LogP contribution is -2.29. The number of rotatable bonds is 5. The average Bonchev–Trinajstić information content (AvgIpc) is 2.90. The largest absolute Gasteiger partial charge is 0.384 e. The van der Waals surface area contributed by atoms with Crippen molar-refractivity contribution in [1.29, 1.82) is 0 Å². The van der Waals surface area contributed by atoms with E-state index >= 15 is 0 Å². The quantitative estimate of drug-likeness (QED) is 0.744. The van der Waals surface area contributed by atoms with Gasteiger partial charge in [0.25, 0.3) is 0 Å². The number of hydrogen-bond acceptors (Lipinski definition) is 3. The number of sulfonamides is 1. The molecular weight excluding hydrogens is 357 g/mol. The van der Waals surface area contributed by atoms with E-state index in [1.807, 2.05) is 0 Å². The Kier molecular flexibility index (Phi) is 5.79. The number of benzene rings is 1. The summed E-state index contributed by atoms with van der Waals surface area (Å²) in [6.45, 7) is 1.42. The maximum atomic E-state index is 12.7. The molecule has 1 aliphatic rings. The van der Waals surface area contributed by atoms with Gasteiger partial charge in [0.1, 0.15) is 4.90 Å². The van der Waals surface area contributed by atoms with E-state index in [0.29, 0.717) is 30.3 Å². The summed E-state index contributed by atoms with van der Waals surface area (Å²) in [7, 11) is -2.06. The van der Waals surface area contributed by atoms with Crippen LogP contribution in [0.1, 0.15) is 12.0 Å². The number of hydrogen-bond donors (Lipinski definition) is 0. The van der Waals surface area contributed by atoms with Crippen LogP contribution in [-0.4, -0.2) is 39.5 Å². The third-order valence-electron chi connectivity index (χ3n) is 3.49. The molecule has 1 aromatic rings. The van der Waals surface area contributed by atoms with Crippen LogP contribution in [-0.2, 0) is 20.6 Å². The number of alkyl halides is 1. The minimum Gasteiger partial charge on any atom is -0.384 e. The van der Waals surface area contributed by atoms with Crippen molar-refractivity contribution >= 4 is 44.8 Å². The first-order valence-electron chi connectivity index (χ1n) is 6.43. The van der Waals surface area contributed by atoms with Gasteiger partial charge in [-0.25, -0.2) is 8.42 Å². The molecule has 1 aliphatic heterocycles. The molecule has 2 rings (SSSR count). The second kappa shape index (κ2) is 7.02. The van der Waals surface area contributed by atoms with Crippen molar-refractivity contribution in [2.24, 2.45) is 5.92 Å².